The van der Waals surface area contributed by atoms with Crippen LogP contribution in [-0.4, -0.2) is 17.2 Å². The summed E-state index contributed by atoms with van der Waals surface area (Å²) in [6, 6.07) is 0. The highest BCUT2D eigenvalue weighted by molar-refractivity contribution is 5.93. The van der Waals surface area contributed by atoms with Crippen LogP contribution in [0.15, 0.2) is 0 Å². The number of rotatable bonds is 0. The van der Waals surface area contributed by atoms with E-state index in [9.17, 15) is 9.59 Å². The molecule has 2 rings (SSSR count). The summed E-state index contributed by atoms with van der Waals surface area (Å²) in [5.74, 6) is 0.265. The predicted octanol–water partition coefficient (Wildman–Crippen LogP) is 0.244. The van der Waals surface area contributed by atoms with Crippen molar-refractivity contribution in [3.05, 3.63) is 0 Å². The molecular formula is C8H11NO2. The summed E-state index contributed by atoms with van der Waals surface area (Å²) >= 11 is 0. The van der Waals surface area contributed by atoms with Gasteiger partial charge in [-0.3, -0.25) is 9.59 Å². The summed E-state index contributed by atoms with van der Waals surface area (Å²) in [7, 11) is 0. The smallest absolute Gasteiger partial charge is 0.224 e. The monoisotopic (exact) mass is 153 g/mol. The number of nitrogens with one attached hydrogen (secondary N) is 1. The number of Topliss-reactive ketones (excluding diaryl/α,β-unsaturated/α-hetero) is 1. The van der Waals surface area contributed by atoms with Crippen LogP contribution in [0.25, 0.3) is 0 Å². The molecule has 1 aliphatic carbocycles. The minimum atomic E-state index is -0.211. The number of hydrogen-bond acceptors (Lipinski definition) is 2. The second-order valence-corrected chi connectivity index (χ2v) is 3.87. The molecule has 1 N–H and O–H groups in total. The fourth-order valence-corrected chi connectivity index (χ4v) is 2.15. The first-order valence-electron chi connectivity index (χ1n) is 3.93. The topological polar surface area (TPSA) is 46.2 Å². The van der Waals surface area contributed by atoms with Crippen molar-refractivity contribution >= 4 is 11.7 Å². The Hall–Kier alpha value is -0.860. The fourth-order valence-electron chi connectivity index (χ4n) is 2.15. The Labute approximate surface area is 65.2 Å². The molecule has 0 aromatic carbocycles. The Morgan fingerprint density at radius 2 is 2.27 bits per heavy atom. The molecule has 1 saturated carbocycles. The molecule has 2 fully saturated rings. The molecule has 0 aromatic heterocycles. The van der Waals surface area contributed by atoms with Crippen molar-refractivity contribution in [2.75, 3.05) is 0 Å². The SMILES string of the molecule is C[C@@]12CC(=O)C[C@H](C1)C(=O)N2. The first kappa shape index (κ1) is 6.83. The van der Waals surface area contributed by atoms with Crippen LogP contribution in [0, 0.1) is 5.92 Å². The quantitative estimate of drug-likeness (QED) is 0.542. The standard InChI is InChI=1S/C8H11NO2/c1-8-3-5(7(11)9-8)2-6(10)4-8/h5H,2-4H2,1H3,(H,9,11)/t5-,8+/m1/s1. The normalized spacial score (nSPS) is 42.5. The molecule has 0 unspecified atom stereocenters. The van der Waals surface area contributed by atoms with Crippen molar-refractivity contribution < 1.29 is 9.59 Å². The molecule has 1 heterocycles. The fraction of sp³-hybridized carbons (Fsp3) is 0.750. The van der Waals surface area contributed by atoms with E-state index < -0.39 is 0 Å². The predicted molar refractivity (Wildman–Crippen MR) is 38.9 cm³/mol. The van der Waals surface area contributed by atoms with E-state index in [1.165, 1.54) is 0 Å². The van der Waals surface area contributed by atoms with E-state index in [4.69, 9.17) is 0 Å². The van der Waals surface area contributed by atoms with Gasteiger partial charge in [0.2, 0.25) is 5.91 Å². The van der Waals surface area contributed by atoms with Crippen LogP contribution in [-0.2, 0) is 9.59 Å². The van der Waals surface area contributed by atoms with Gasteiger partial charge in [0.05, 0.1) is 0 Å². The molecule has 1 amide bonds. The number of carbonyl (C=O) groups excluding carboxylic acids is 2. The van der Waals surface area contributed by atoms with Crippen molar-refractivity contribution in [2.24, 2.45) is 5.92 Å². The van der Waals surface area contributed by atoms with Crippen LogP contribution in [0.4, 0.5) is 0 Å². The van der Waals surface area contributed by atoms with Gasteiger partial charge in [0.25, 0.3) is 0 Å². The average Bonchev–Trinajstić information content (AvgIpc) is 2.01. The van der Waals surface area contributed by atoms with E-state index in [-0.39, 0.29) is 23.1 Å². The molecule has 2 aliphatic rings. The number of ketones is 1. The molecule has 1 aliphatic heterocycles. The van der Waals surface area contributed by atoms with E-state index in [0.29, 0.717) is 12.8 Å². The van der Waals surface area contributed by atoms with Gasteiger partial charge in [0.15, 0.2) is 0 Å². The highest BCUT2D eigenvalue weighted by Gasteiger charge is 2.46. The van der Waals surface area contributed by atoms with Gasteiger partial charge >= 0.3 is 0 Å². The summed E-state index contributed by atoms with van der Waals surface area (Å²) in [4.78, 5) is 22.2. The molecule has 3 heteroatoms. The Morgan fingerprint density at radius 3 is 2.91 bits per heavy atom. The Bertz CT molecular complexity index is 232. The summed E-state index contributed by atoms with van der Waals surface area (Å²) in [5, 5.41) is 2.86. The third kappa shape index (κ3) is 0.951. The highest BCUT2D eigenvalue weighted by atomic mass is 16.2. The van der Waals surface area contributed by atoms with Gasteiger partial charge in [0, 0.05) is 24.3 Å². The maximum absolute atomic E-state index is 11.1. The number of fused-ring (bicyclic) bond motifs is 2. The van der Waals surface area contributed by atoms with Gasteiger partial charge < -0.3 is 5.32 Å². The zero-order valence-corrected chi connectivity index (χ0v) is 6.52. The molecule has 2 atom stereocenters. The molecule has 3 nitrogen and oxygen atoms in total. The van der Waals surface area contributed by atoms with Gasteiger partial charge in [-0.25, -0.2) is 0 Å². The van der Waals surface area contributed by atoms with Gasteiger partial charge in [-0.2, -0.15) is 0 Å². The molecule has 11 heavy (non-hydrogen) atoms. The molecule has 1 saturated heterocycles. The minimum Gasteiger partial charge on any atom is -0.350 e. The van der Waals surface area contributed by atoms with Crippen molar-refractivity contribution in [1.29, 1.82) is 0 Å². The molecule has 0 aromatic rings. The molecule has 60 valence electrons. The zero-order chi connectivity index (χ0) is 8.06. The van der Waals surface area contributed by atoms with Gasteiger partial charge in [-0.05, 0) is 13.3 Å². The van der Waals surface area contributed by atoms with Crippen LogP contribution < -0.4 is 5.32 Å². The van der Waals surface area contributed by atoms with E-state index in [2.05, 4.69) is 5.32 Å². The van der Waals surface area contributed by atoms with E-state index in [1.54, 1.807) is 0 Å². The van der Waals surface area contributed by atoms with Crippen LogP contribution in [0.5, 0.6) is 0 Å². The van der Waals surface area contributed by atoms with Crippen molar-refractivity contribution in [2.45, 2.75) is 31.7 Å². The third-order valence-corrected chi connectivity index (χ3v) is 2.55. The van der Waals surface area contributed by atoms with Crippen LogP contribution in [0.1, 0.15) is 26.2 Å². The van der Waals surface area contributed by atoms with Crippen molar-refractivity contribution in [3.8, 4) is 0 Å². The van der Waals surface area contributed by atoms with E-state index in [1.807, 2.05) is 6.92 Å². The lowest BCUT2D eigenvalue weighted by atomic mass is 9.81. The molecule has 2 bridgehead atoms. The first-order valence-corrected chi connectivity index (χ1v) is 3.93. The summed E-state index contributed by atoms with van der Waals surface area (Å²) in [6.45, 7) is 1.95. The van der Waals surface area contributed by atoms with Gasteiger partial charge in [-0.1, -0.05) is 0 Å². The van der Waals surface area contributed by atoms with Crippen LogP contribution >= 0.6 is 0 Å². The first-order chi connectivity index (χ1) is 5.09. The van der Waals surface area contributed by atoms with Crippen LogP contribution in [0.2, 0.25) is 0 Å². The third-order valence-electron chi connectivity index (χ3n) is 2.55. The van der Waals surface area contributed by atoms with E-state index >= 15 is 0 Å². The Balaban J connectivity index is 2.29. The Morgan fingerprint density at radius 1 is 1.55 bits per heavy atom. The van der Waals surface area contributed by atoms with Gasteiger partial charge in [0.1, 0.15) is 5.78 Å². The second-order valence-electron chi connectivity index (χ2n) is 3.87. The summed E-state index contributed by atoms with van der Waals surface area (Å²) in [6.07, 6.45) is 1.83. The van der Waals surface area contributed by atoms with E-state index in [0.717, 1.165) is 6.42 Å². The zero-order valence-electron chi connectivity index (χ0n) is 6.52. The summed E-state index contributed by atoms with van der Waals surface area (Å²) < 4.78 is 0. The van der Waals surface area contributed by atoms with Crippen molar-refractivity contribution in [1.82, 2.24) is 5.32 Å². The lowest BCUT2D eigenvalue weighted by molar-refractivity contribution is -0.126. The average molecular weight is 153 g/mol. The van der Waals surface area contributed by atoms with Crippen LogP contribution in [0.3, 0.4) is 0 Å². The highest BCUT2D eigenvalue weighted by Crippen LogP contribution is 2.35. The Kier molecular flexibility index (Phi) is 1.14. The number of hydrogen-bond donors (Lipinski definition) is 1. The second kappa shape index (κ2) is 1.84. The summed E-state index contributed by atoms with van der Waals surface area (Å²) in [5.41, 5.74) is -0.211. The number of carbonyl (C=O) groups is 2. The number of amides is 1. The maximum atomic E-state index is 11.1. The molecular weight excluding hydrogens is 142 g/mol. The lowest BCUT2D eigenvalue weighted by Crippen LogP contribution is -2.40. The largest absolute Gasteiger partial charge is 0.350 e. The lowest BCUT2D eigenvalue weighted by Gasteiger charge is -2.25. The maximum Gasteiger partial charge on any atom is 0.224 e. The van der Waals surface area contributed by atoms with Crippen molar-refractivity contribution in [3.63, 3.8) is 0 Å². The van der Waals surface area contributed by atoms with Gasteiger partial charge in [-0.15, -0.1) is 0 Å². The minimum absolute atomic E-state index is 0.0266. The molecule has 0 spiro atoms. The molecule has 0 radical (unpaired) electrons.